The van der Waals surface area contributed by atoms with Crippen LogP contribution in [0.1, 0.15) is 58.3 Å². The van der Waals surface area contributed by atoms with Crippen LogP contribution in [0.25, 0.3) is 0 Å². The van der Waals surface area contributed by atoms with Crippen molar-refractivity contribution in [2.45, 2.75) is 40.5 Å². The molecule has 3 N–H and O–H groups in total. The van der Waals surface area contributed by atoms with Gasteiger partial charge in [0.1, 0.15) is 10.8 Å². The summed E-state index contributed by atoms with van der Waals surface area (Å²) in [6, 6.07) is 7.04. The molecule has 2 aromatic rings. The number of ether oxygens (including phenoxy) is 1. The molecule has 1 heterocycles. The second-order valence-electron chi connectivity index (χ2n) is 6.57. The highest BCUT2D eigenvalue weighted by atomic mass is 32.1. The van der Waals surface area contributed by atoms with Crippen LogP contribution in [-0.4, -0.2) is 18.4 Å². The van der Waals surface area contributed by atoms with Crippen LogP contribution in [0.2, 0.25) is 0 Å². The first-order valence-corrected chi connectivity index (χ1v) is 9.61. The third kappa shape index (κ3) is 4.85. The van der Waals surface area contributed by atoms with Gasteiger partial charge in [-0.1, -0.05) is 26.8 Å². The van der Waals surface area contributed by atoms with Gasteiger partial charge in [-0.25, -0.2) is 0 Å². The number of thiophene rings is 1. The van der Waals surface area contributed by atoms with E-state index in [2.05, 4.69) is 19.2 Å². The number of nitrogens with one attached hydrogen (secondary N) is 1. The van der Waals surface area contributed by atoms with Gasteiger partial charge in [-0.05, 0) is 49.4 Å². The number of carbonyl (C=O) groups is 2. The quantitative estimate of drug-likeness (QED) is 0.719. The van der Waals surface area contributed by atoms with E-state index in [4.69, 9.17) is 10.5 Å². The van der Waals surface area contributed by atoms with Crippen LogP contribution in [0.4, 0.5) is 5.00 Å². The van der Waals surface area contributed by atoms with Gasteiger partial charge in [0.15, 0.2) is 0 Å². The van der Waals surface area contributed by atoms with E-state index < -0.39 is 5.91 Å². The molecule has 2 amide bonds. The highest BCUT2D eigenvalue weighted by Gasteiger charge is 2.21. The Morgan fingerprint density at radius 2 is 2.04 bits per heavy atom. The molecular weight excluding hydrogens is 348 g/mol. The molecule has 140 valence electrons. The van der Waals surface area contributed by atoms with Crippen molar-refractivity contribution < 1.29 is 14.3 Å². The molecule has 6 heteroatoms. The molecule has 0 atom stereocenters. The number of hydrogen-bond donors (Lipinski definition) is 2. The van der Waals surface area contributed by atoms with Gasteiger partial charge in [0.05, 0.1) is 12.2 Å². The van der Waals surface area contributed by atoms with Crippen molar-refractivity contribution >= 4 is 28.2 Å². The predicted octanol–water partition coefficient (Wildman–Crippen LogP) is 4.40. The Hall–Kier alpha value is -2.34. The van der Waals surface area contributed by atoms with E-state index in [0.29, 0.717) is 40.8 Å². The molecule has 0 spiro atoms. The van der Waals surface area contributed by atoms with Gasteiger partial charge in [0.2, 0.25) is 0 Å². The Bertz CT molecular complexity index is 796. The van der Waals surface area contributed by atoms with Crippen LogP contribution in [0, 0.1) is 12.8 Å². The molecule has 0 unspecified atom stereocenters. The summed E-state index contributed by atoms with van der Waals surface area (Å²) in [7, 11) is 0. The van der Waals surface area contributed by atoms with Crippen molar-refractivity contribution in [1.82, 2.24) is 0 Å². The van der Waals surface area contributed by atoms with Gasteiger partial charge in [-0.15, -0.1) is 11.3 Å². The third-order valence-electron chi connectivity index (χ3n) is 4.10. The van der Waals surface area contributed by atoms with Crippen LogP contribution in [0.15, 0.2) is 24.3 Å². The summed E-state index contributed by atoms with van der Waals surface area (Å²) in [5.74, 6) is 0.409. The summed E-state index contributed by atoms with van der Waals surface area (Å²) in [5.41, 5.74) is 7.30. The van der Waals surface area contributed by atoms with Crippen molar-refractivity contribution in [3.63, 3.8) is 0 Å². The van der Waals surface area contributed by atoms with Gasteiger partial charge in [0.25, 0.3) is 11.8 Å². The Morgan fingerprint density at radius 3 is 2.65 bits per heavy atom. The smallest absolute Gasteiger partial charge is 0.256 e. The number of hydrogen-bond acceptors (Lipinski definition) is 4. The number of nitrogens with two attached hydrogens (primary N) is 1. The molecule has 1 aromatic carbocycles. The number of benzene rings is 1. The minimum absolute atomic E-state index is 0.286. The fourth-order valence-corrected chi connectivity index (χ4v) is 3.81. The van der Waals surface area contributed by atoms with E-state index in [0.717, 1.165) is 16.9 Å². The number of carbonyl (C=O) groups excluding carboxylic acids is 2. The molecule has 0 aliphatic rings. The molecule has 2 rings (SSSR count). The molecule has 0 bridgehead atoms. The van der Waals surface area contributed by atoms with Gasteiger partial charge >= 0.3 is 0 Å². The van der Waals surface area contributed by atoms with E-state index in [1.807, 2.05) is 19.9 Å². The van der Waals surface area contributed by atoms with Crippen LogP contribution in [-0.2, 0) is 6.42 Å². The molecule has 0 saturated carbocycles. The fourth-order valence-electron chi connectivity index (χ4n) is 2.67. The van der Waals surface area contributed by atoms with Crippen LogP contribution >= 0.6 is 11.3 Å². The maximum atomic E-state index is 12.6. The molecule has 26 heavy (non-hydrogen) atoms. The maximum Gasteiger partial charge on any atom is 0.256 e. The second kappa shape index (κ2) is 8.85. The topological polar surface area (TPSA) is 81.4 Å². The van der Waals surface area contributed by atoms with Gasteiger partial charge in [-0.2, -0.15) is 0 Å². The number of aryl methyl sites for hydroxylation is 1. The minimum atomic E-state index is -0.521. The molecule has 0 fully saturated rings. The van der Waals surface area contributed by atoms with Crippen molar-refractivity contribution in [3.05, 3.63) is 45.8 Å². The van der Waals surface area contributed by atoms with E-state index in [1.54, 1.807) is 18.2 Å². The predicted molar refractivity (Wildman–Crippen MR) is 106 cm³/mol. The fraction of sp³-hybridized carbons (Fsp3) is 0.400. The molecule has 0 aliphatic carbocycles. The maximum absolute atomic E-state index is 12.6. The lowest BCUT2D eigenvalue weighted by Crippen LogP contribution is -2.18. The number of amides is 2. The zero-order valence-electron chi connectivity index (χ0n) is 15.7. The van der Waals surface area contributed by atoms with E-state index in [1.165, 1.54) is 11.3 Å². The summed E-state index contributed by atoms with van der Waals surface area (Å²) in [4.78, 5) is 25.4. The van der Waals surface area contributed by atoms with Crippen LogP contribution in [0.3, 0.4) is 0 Å². The Labute approximate surface area is 158 Å². The van der Waals surface area contributed by atoms with Gasteiger partial charge in [-0.3, -0.25) is 9.59 Å². The van der Waals surface area contributed by atoms with E-state index in [9.17, 15) is 9.59 Å². The molecule has 0 radical (unpaired) electrons. The number of primary amides is 1. The molecule has 0 saturated heterocycles. The lowest BCUT2D eigenvalue weighted by atomic mass is 10.1. The van der Waals surface area contributed by atoms with Crippen molar-refractivity contribution in [2.24, 2.45) is 11.7 Å². The molecular formula is C20H26N2O3S. The first-order chi connectivity index (χ1) is 12.3. The highest BCUT2D eigenvalue weighted by Crippen LogP contribution is 2.33. The zero-order chi connectivity index (χ0) is 19.3. The average molecular weight is 375 g/mol. The third-order valence-corrected chi connectivity index (χ3v) is 5.16. The van der Waals surface area contributed by atoms with Gasteiger partial charge in [0, 0.05) is 10.4 Å². The largest absolute Gasteiger partial charge is 0.494 e. The van der Waals surface area contributed by atoms with E-state index in [-0.39, 0.29) is 5.91 Å². The Morgan fingerprint density at radius 1 is 1.31 bits per heavy atom. The molecule has 0 aliphatic heterocycles. The van der Waals surface area contributed by atoms with Crippen LogP contribution in [0.5, 0.6) is 5.75 Å². The Balaban J connectivity index is 2.17. The van der Waals surface area contributed by atoms with Crippen molar-refractivity contribution in [3.8, 4) is 5.75 Å². The number of rotatable bonds is 8. The zero-order valence-corrected chi connectivity index (χ0v) is 16.5. The van der Waals surface area contributed by atoms with Gasteiger partial charge < -0.3 is 15.8 Å². The summed E-state index contributed by atoms with van der Waals surface area (Å²) in [5, 5.41) is 3.33. The average Bonchev–Trinajstić information content (AvgIpc) is 2.90. The second-order valence-corrected chi connectivity index (χ2v) is 7.80. The summed E-state index contributed by atoms with van der Waals surface area (Å²) >= 11 is 1.37. The molecule has 5 nitrogen and oxygen atoms in total. The van der Waals surface area contributed by atoms with Crippen molar-refractivity contribution in [1.29, 1.82) is 0 Å². The Kier molecular flexibility index (Phi) is 6.80. The summed E-state index contributed by atoms with van der Waals surface area (Å²) in [6.45, 7) is 8.77. The normalized spacial score (nSPS) is 10.8. The number of anilines is 1. The molecule has 1 aromatic heterocycles. The lowest BCUT2D eigenvalue weighted by Gasteiger charge is -2.10. The van der Waals surface area contributed by atoms with Crippen LogP contribution < -0.4 is 15.8 Å². The lowest BCUT2D eigenvalue weighted by molar-refractivity contribution is 0.100. The minimum Gasteiger partial charge on any atom is -0.494 e. The monoisotopic (exact) mass is 374 g/mol. The standard InChI is InChI=1S/C20H26N2O3S/c1-5-16-13(4)26-20(17(16)18(21)23)22-19(24)14-7-6-8-15(11-14)25-10-9-12(2)3/h6-8,11-12H,5,9-10H2,1-4H3,(H2,21,23)(H,22,24). The highest BCUT2D eigenvalue weighted by molar-refractivity contribution is 7.16. The first kappa shape index (κ1) is 20.0. The van der Waals surface area contributed by atoms with Crippen molar-refractivity contribution in [2.75, 3.05) is 11.9 Å². The van der Waals surface area contributed by atoms with E-state index >= 15 is 0 Å². The SMILES string of the molecule is CCc1c(C)sc(NC(=O)c2cccc(OCCC(C)C)c2)c1C(N)=O. The first-order valence-electron chi connectivity index (χ1n) is 8.79. The summed E-state index contributed by atoms with van der Waals surface area (Å²) in [6.07, 6.45) is 1.64. The summed E-state index contributed by atoms with van der Waals surface area (Å²) < 4.78 is 5.71.